The molecule has 0 bridgehead atoms. The monoisotopic (exact) mass is 337 g/mol. The Bertz CT molecular complexity index is 810. The van der Waals surface area contributed by atoms with E-state index in [0.717, 1.165) is 11.3 Å². The first-order valence-electron chi connectivity index (χ1n) is 7.00. The third-order valence-electron chi connectivity index (χ3n) is 3.65. The number of hydrogen-bond donors (Lipinski definition) is 2. The van der Waals surface area contributed by atoms with Crippen LogP contribution in [0, 0.1) is 6.92 Å². The quantitative estimate of drug-likeness (QED) is 0.834. The van der Waals surface area contributed by atoms with Crippen molar-refractivity contribution in [2.45, 2.75) is 25.6 Å². The standard InChI is InChI=1S/C15H19N3O4S/c1-10(14-8-16-18(3)11(14)2)17-23(21,22)9-12-4-6-13(7-5-12)15(19)20/h4-8,10,17H,9H2,1-3H3,(H,19,20). The molecule has 0 spiro atoms. The fraction of sp³-hybridized carbons (Fsp3) is 0.333. The first-order valence-corrected chi connectivity index (χ1v) is 8.65. The first kappa shape index (κ1) is 17.2. The van der Waals surface area contributed by atoms with Crippen LogP contribution in [0.4, 0.5) is 0 Å². The number of aromatic carboxylic acids is 1. The zero-order valence-corrected chi connectivity index (χ0v) is 14.0. The number of carboxylic acids is 1. The van der Waals surface area contributed by atoms with Crippen LogP contribution in [0.3, 0.4) is 0 Å². The van der Waals surface area contributed by atoms with Crippen molar-refractivity contribution < 1.29 is 18.3 Å². The van der Waals surface area contributed by atoms with Gasteiger partial charge in [0.1, 0.15) is 0 Å². The van der Waals surface area contributed by atoms with Gasteiger partial charge >= 0.3 is 5.97 Å². The molecule has 0 aliphatic rings. The van der Waals surface area contributed by atoms with Crippen molar-refractivity contribution in [2.75, 3.05) is 0 Å². The zero-order valence-electron chi connectivity index (χ0n) is 13.1. The second-order valence-corrected chi connectivity index (χ2v) is 7.16. The van der Waals surface area contributed by atoms with Crippen LogP contribution < -0.4 is 4.72 Å². The van der Waals surface area contributed by atoms with E-state index < -0.39 is 22.0 Å². The molecular weight excluding hydrogens is 318 g/mol. The highest BCUT2D eigenvalue weighted by atomic mass is 32.2. The summed E-state index contributed by atoms with van der Waals surface area (Å²) in [7, 11) is -1.76. The molecular formula is C15H19N3O4S. The molecule has 0 saturated carbocycles. The van der Waals surface area contributed by atoms with Crippen molar-refractivity contribution in [3.8, 4) is 0 Å². The lowest BCUT2D eigenvalue weighted by Gasteiger charge is -2.14. The van der Waals surface area contributed by atoms with Crippen molar-refractivity contribution in [1.82, 2.24) is 14.5 Å². The van der Waals surface area contributed by atoms with E-state index in [1.54, 1.807) is 24.9 Å². The molecule has 1 atom stereocenters. The van der Waals surface area contributed by atoms with E-state index in [2.05, 4.69) is 9.82 Å². The van der Waals surface area contributed by atoms with Gasteiger partial charge in [-0.3, -0.25) is 4.68 Å². The van der Waals surface area contributed by atoms with Crippen LogP contribution in [0.25, 0.3) is 0 Å². The summed E-state index contributed by atoms with van der Waals surface area (Å²) in [5.74, 6) is -1.26. The molecule has 0 aliphatic carbocycles. The van der Waals surface area contributed by atoms with Crippen molar-refractivity contribution in [2.24, 2.45) is 7.05 Å². The minimum Gasteiger partial charge on any atom is -0.478 e. The maximum Gasteiger partial charge on any atom is 0.335 e. The van der Waals surface area contributed by atoms with Crippen LogP contribution in [0.2, 0.25) is 0 Å². The lowest BCUT2D eigenvalue weighted by atomic mass is 10.1. The second kappa shape index (κ2) is 6.51. The molecule has 0 aliphatic heterocycles. The van der Waals surface area contributed by atoms with Crippen molar-refractivity contribution in [1.29, 1.82) is 0 Å². The molecule has 0 amide bonds. The SMILES string of the molecule is Cc1c(C(C)NS(=O)(=O)Cc2ccc(C(=O)O)cc2)cnn1C. The summed E-state index contributed by atoms with van der Waals surface area (Å²) in [4.78, 5) is 10.8. The van der Waals surface area contributed by atoms with Gasteiger partial charge in [-0.2, -0.15) is 5.10 Å². The average molecular weight is 337 g/mol. The molecule has 23 heavy (non-hydrogen) atoms. The van der Waals surface area contributed by atoms with Gasteiger partial charge in [0, 0.05) is 24.3 Å². The topological polar surface area (TPSA) is 101 Å². The number of aromatic nitrogens is 2. The van der Waals surface area contributed by atoms with Gasteiger partial charge in [0.15, 0.2) is 0 Å². The van der Waals surface area contributed by atoms with Gasteiger partial charge in [-0.15, -0.1) is 0 Å². The van der Waals surface area contributed by atoms with Crippen molar-refractivity contribution in [3.63, 3.8) is 0 Å². The number of benzene rings is 1. The minimum absolute atomic E-state index is 0.124. The van der Waals surface area contributed by atoms with Gasteiger partial charge in [0.25, 0.3) is 0 Å². The number of rotatable bonds is 6. The summed E-state index contributed by atoms with van der Waals surface area (Å²) in [6.45, 7) is 3.63. The molecule has 0 radical (unpaired) electrons. The predicted octanol–water partition coefficient (Wildman–Crippen LogP) is 1.61. The van der Waals surface area contributed by atoms with E-state index in [-0.39, 0.29) is 11.3 Å². The molecule has 1 unspecified atom stereocenters. The fourth-order valence-corrected chi connectivity index (χ4v) is 3.66. The van der Waals surface area contributed by atoms with Gasteiger partial charge < -0.3 is 5.11 Å². The normalized spacial score (nSPS) is 13.0. The molecule has 0 fully saturated rings. The van der Waals surface area contributed by atoms with Gasteiger partial charge in [0.2, 0.25) is 10.0 Å². The van der Waals surface area contributed by atoms with Crippen molar-refractivity contribution >= 4 is 16.0 Å². The highest BCUT2D eigenvalue weighted by molar-refractivity contribution is 7.88. The number of hydrogen-bond acceptors (Lipinski definition) is 4. The Hall–Kier alpha value is -2.19. The molecule has 1 heterocycles. The summed E-state index contributed by atoms with van der Waals surface area (Å²) in [6, 6.07) is 5.39. The van der Waals surface area contributed by atoms with Crippen LogP contribution in [0.5, 0.6) is 0 Å². The number of carbonyl (C=O) groups is 1. The molecule has 7 nitrogen and oxygen atoms in total. The summed E-state index contributed by atoms with van der Waals surface area (Å²) in [6.07, 6.45) is 1.64. The molecule has 124 valence electrons. The number of nitrogens with one attached hydrogen (secondary N) is 1. The van der Waals surface area contributed by atoms with Crippen LogP contribution in [0.15, 0.2) is 30.5 Å². The highest BCUT2D eigenvalue weighted by Gasteiger charge is 2.19. The fourth-order valence-electron chi connectivity index (χ4n) is 2.28. The van der Waals surface area contributed by atoms with Crippen molar-refractivity contribution in [3.05, 3.63) is 52.8 Å². The van der Waals surface area contributed by atoms with E-state index in [4.69, 9.17) is 5.11 Å². The summed E-state index contributed by atoms with van der Waals surface area (Å²) in [5.41, 5.74) is 2.36. The van der Waals surface area contributed by atoms with Crippen LogP contribution in [-0.2, 0) is 22.8 Å². The van der Waals surface area contributed by atoms with E-state index in [1.165, 1.54) is 24.3 Å². The molecule has 2 N–H and O–H groups in total. The second-order valence-electron chi connectivity index (χ2n) is 5.41. The molecule has 1 aromatic carbocycles. The molecule has 8 heteroatoms. The first-order chi connectivity index (χ1) is 10.7. The van der Waals surface area contributed by atoms with Gasteiger partial charge in [-0.25, -0.2) is 17.9 Å². The Kier molecular flexibility index (Phi) is 4.86. The average Bonchev–Trinajstić information content (AvgIpc) is 2.78. The largest absolute Gasteiger partial charge is 0.478 e. The Morgan fingerprint density at radius 1 is 1.35 bits per heavy atom. The van der Waals surface area contributed by atoms with Crippen LogP contribution in [0.1, 0.15) is 40.1 Å². The lowest BCUT2D eigenvalue weighted by molar-refractivity contribution is 0.0697. The van der Waals surface area contributed by atoms with Crippen LogP contribution >= 0.6 is 0 Å². The maximum absolute atomic E-state index is 12.3. The van der Waals surface area contributed by atoms with Crippen LogP contribution in [-0.4, -0.2) is 29.3 Å². The molecule has 1 aromatic heterocycles. The number of nitrogens with zero attached hydrogens (tertiary/aromatic N) is 2. The Morgan fingerprint density at radius 2 is 1.96 bits per heavy atom. The Labute approximate surface area is 135 Å². The van der Waals surface area contributed by atoms with Gasteiger partial charge in [-0.1, -0.05) is 12.1 Å². The number of carboxylic acid groups (broad SMARTS) is 1. The van der Waals surface area contributed by atoms with Gasteiger partial charge in [-0.05, 0) is 31.5 Å². The molecule has 2 aromatic rings. The molecule has 2 rings (SSSR count). The van der Waals surface area contributed by atoms with E-state index in [1.807, 2.05) is 6.92 Å². The maximum atomic E-state index is 12.3. The summed E-state index contributed by atoms with van der Waals surface area (Å²) in [5, 5.41) is 12.9. The van der Waals surface area contributed by atoms with E-state index in [0.29, 0.717) is 5.56 Å². The number of aryl methyl sites for hydroxylation is 1. The lowest BCUT2D eigenvalue weighted by Crippen LogP contribution is -2.28. The predicted molar refractivity (Wildman–Crippen MR) is 85.5 cm³/mol. The Balaban J connectivity index is 2.09. The number of sulfonamides is 1. The molecule has 0 saturated heterocycles. The van der Waals surface area contributed by atoms with E-state index >= 15 is 0 Å². The zero-order chi connectivity index (χ0) is 17.2. The Morgan fingerprint density at radius 3 is 2.43 bits per heavy atom. The summed E-state index contributed by atoms with van der Waals surface area (Å²) >= 11 is 0. The van der Waals surface area contributed by atoms with E-state index in [9.17, 15) is 13.2 Å². The minimum atomic E-state index is -3.56. The summed E-state index contributed by atoms with van der Waals surface area (Å²) < 4.78 is 28.8. The smallest absolute Gasteiger partial charge is 0.335 e. The third-order valence-corrected chi connectivity index (χ3v) is 5.08. The third kappa shape index (κ3) is 4.17. The van der Waals surface area contributed by atoms with Gasteiger partial charge in [0.05, 0.1) is 17.5 Å². The highest BCUT2D eigenvalue weighted by Crippen LogP contribution is 2.18.